The molecule has 1 nitrogen and oxygen atoms in total. The summed E-state index contributed by atoms with van der Waals surface area (Å²) in [6.07, 6.45) is 7.31. The molecule has 0 radical (unpaired) electrons. The van der Waals surface area contributed by atoms with Crippen molar-refractivity contribution in [1.29, 1.82) is 0 Å². The number of hydrogen-bond acceptors (Lipinski definition) is 1. The van der Waals surface area contributed by atoms with Crippen molar-refractivity contribution in [3.63, 3.8) is 0 Å². The average Bonchev–Trinajstić information content (AvgIpc) is 2.60. The SMILES string of the molecule is CCCC1Cc2cc(CC)c(F)cc2/C=C\c2cc(OC)c(F)cc21. The molecule has 0 saturated carbocycles. The lowest BCUT2D eigenvalue weighted by molar-refractivity contribution is 0.385. The Bertz CT molecular complexity index is 808. The van der Waals surface area contributed by atoms with Crippen molar-refractivity contribution in [3.8, 4) is 5.75 Å². The van der Waals surface area contributed by atoms with E-state index < -0.39 is 0 Å². The predicted octanol–water partition coefficient (Wildman–Crippen LogP) is 6.15. The van der Waals surface area contributed by atoms with Crippen molar-refractivity contribution in [3.05, 3.63) is 63.7 Å². The number of fused-ring (bicyclic) bond motifs is 2. The number of aryl methyl sites for hydroxylation is 1. The van der Waals surface area contributed by atoms with Crippen molar-refractivity contribution in [1.82, 2.24) is 0 Å². The summed E-state index contributed by atoms with van der Waals surface area (Å²) in [7, 11) is 1.47. The molecule has 0 saturated heterocycles. The van der Waals surface area contributed by atoms with Gasteiger partial charge in [0, 0.05) is 0 Å². The molecule has 1 aliphatic carbocycles. The van der Waals surface area contributed by atoms with E-state index in [9.17, 15) is 8.78 Å². The van der Waals surface area contributed by atoms with Gasteiger partial charge in [0.2, 0.25) is 0 Å². The summed E-state index contributed by atoms with van der Waals surface area (Å²) in [4.78, 5) is 0. The minimum Gasteiger partial charge on any atom is -0.494 e. The Labute approximate surface area is 148 Å². The number of methoxy groups -OCH3 is 1. The van der Waals surface area contributed by atoms with E-state index in [0.717, 1.165) is 47.1 Å². The second-order valence-corrected chi connectivity index (χ2v) is 6.63. The molecule has 0 aromatic heterocycles. The van der Waals surface area contributed by atoms with Gasteiger partial charge < -0.3 is 4.74 Å². The highest BCUT2D eigenvalue weighted by atomic mass is 19.1. The maximum Gasteiger partial charge on any atom is 0.165 e. The Balaban J connectivity index is 2.16. The fraction of sp³-hybridized carbons (Fsp3) is 0.364. The zero-order valence-electron chi connectivity index (χ0n) is 15.0. The van der Waals surface area contributed by atoms with E-state index >= 15 is 0 Å². The first-order valence-electron chi connectivity index (χ1n) is 8.94. The summed E-state index contributed by atoms with van der Waals surface area (Å²) in [6, 6.07) is 6.95. The van der Waals surface area contributed by atoms with E-state index in [1.807, 2.05) is 25.1 Å². The van der Waals surface area contributed by atoms with Crippen molar-refractivity contribution < 1.29 is 13.5 Å². The van der Waals surface area contributed by atoms with E-state index in [1.54, 1.807) is 18.2 Å². The van der Waals surface area contributed by atoms with E-state index in [2.05, 4.69) is 6.92 Å². The van der Waals surface area contributed by atoms with Crippen LogP contribution in [0.25, 0.3) is 12.2 Å². The van der Waals surface area contributed by atoms with E-state index in [4.69, 9.17) is 4.74 Å². The van der Waals surface area contributed by atoms with Crippen LogP contribution in [0.5, 0.6) is 5.75 Å². The Kier molecular flexibility index (Phi) is 5.22. The number of hydrogen-bond donors (Lipinski definition) is 0. The second-order valence-electron chi connectivity index (χ2n) is 6.63. The van der Waals surface area contributed by atoms with Crippen LogP contribution < -0.4 is 4.74 Å². The molecule has 0 N–H and O–H groups in total. The summed E-state index contributed by atoms with van der Waals surface area (Å²) in [5, 5.41) is 0. The van der Waals surface area contributed by atoms with Gasteiger partial charge in [-0.05, 0) is 71.2 Å². The molecule has 132 valence electrons. The van der Waals surface area contributed by atoms with Crippen molar-refractivity contribution >= 4 is 12.2 Å². The minimum atomic E-state index is -0.329. The smallest absolute Gasteiger partial charge is 0.165 e. The van der Waals surface area contributed by atoms with Gasteiger partial charge in [0.15, 0.2) is 11.6 Å². The summed E-state index contributed by atoms with van der Waals surface area (Å²) in [6.45, 7) is 4.10. The second kappa shape index (κ2) is 7.38. The van der Waals surface area contributed by atoms with Gasteiger partial charge in [-0.1, -0.05) is 38.5 Å². The minimum absolute atomic E-state index is 0.157. The first-order valence-corrected chi connectivity index (χ1v) is 8.94. The average molecular weight is 342 g/mol. The third-order valence-electron chi connectivity index (χ3n) is 5.03. The van der Waals surface area contributed by atoms with Crippen molar-refractivity contribution in [2.45, 2.75) is 45.4 Å². The number of ether oxygens (including phenoxy) is 1. The maximum atomic E-state index is 14.3. The fourth-order valence-electron chi connectivity index (χ4n) is 3.69. The Morgan fingerprint density at radius 3 is 2.44 bits per heavy atom. The Morgan fingerprint density at radius 1 is 1.00 bits per heavy atom. The molecule has 0 spiro atoms. The van der Waals surface area contributed by atoms with Crippen LogP contribution in [0.2, 0.25) is 0 Å². The zero-order chi connectivity index (χ0) is 18.0. The van der Waals surface area contributed by atoms with E-state index in [0.29, 0.717) is 6.42 Å². The third kappa shape index (κ3) is 3.46. The fourth-order valence-corrected chi connectivity index (χ4v) is 3.69. The molecule has 0 fully saturated rings. The van der Waals surface area contributed by atoms with Gasteiger partial charge in [-0.3, -0.25) is 0 Å². The van der Waals surface area contributed by atoms with Crippen LogP contribution in [-0.2, 0) is 12.8 Å². The van der Waals surface area contributed by atoms with Crippen molar-refractivity contribution in [2.75, 3.05) is 7.11 Å². The molecule has 2 aromatic carbocycles. The van der Waals surface area contributed by atoms with Crippen LogP contribution >= 0.6 is 0 Å². The molecule has 0 amide bonds. The molecule has 1 atom stereocenters. The molecular formula is C22H24F2O. The van der Waals surface area contributed by atoms with Gasteiger partial charge in [-0.15, -0.1) is 0 Å². The highest BCUT2D eigenvalue weighted by Gasteiger charge is 2.21. The lowest BCUT2D eigenvalue weighted by Gasteiger charge is -2.24. The van der Waals surface area contributed by atoms with Gasteiger partial charge in [-0.25, -0.2) is 8.78 Å². The summed E-state index contributed by atoms with van der Waals surface area (Å²) >= 11 is 0. The molecule has 25 heavy (non-hydrogen) atoms. The normalized spacial score (nSPS) is 17.2. The molecule has 3 heteroatoms. The van der Waals surface area contributed by atoms with Gasteiger partial charge in [0.1, 0.15) is 5.82 Å². The molecule has 3 rings (SSSR count). The van der Waals surface area contributed by atoms with Crippen molar-refractivity contribution in [2.24, 2.45) is 0 Å². The molecule has 2 aromatic rings. The molecule has 1 unspecified atom stereocenters. The lowest BCUT2D eigenvalue weighted by Crippen LogP contribution is -2.10. The highest BCUT2D eigenvalue weighted by molar-refractivity contribution is 5.75. The monoisotopic (exact) mass is 342 g/mol. The lowest BCUT2D eigenvalue weighted by atomic mass is 9.82. The van der Waals surface area contributed by atoms with Gasteiger partial charge in [0.05, 0.1) is 7.11 Å². The Morgan fingerprint density at radius 2 is 1.76 bits per heavy atom. The molecule has 0 bridgehead atoms. The molecule has 0 heterocycles. The maximum absolute atomic E-state index is 14.3. The van der Waals surface area contributed by atoms with Crippen LogP contribution in [-0.4, -0.2) is 7.11 Å². The van der Waals surface area contributed by atoms with Crippen LogP contribution in [0, 0.1) is 11.6 Å². The topological polar surface area (TPSA) is 9.23 Å². The van der Waals surface area contributed by atoms with E-state index in [-0.39, 0.29) is 23.3 Å². The largest absolute Gasteiger partial charge is 0.494 e. The molecule has 1 aliphatic rings. The van der Waals surface area contributed by atoms with E-state index in [1.165, 1.54) is 7.11 Å². The highest BCUT2D eigenvalue weighted by Crippen LogP contribution is 2.36. The number of halogens is 2. The summed E-state index contributed by atoms with van der Waals surface area (Å²) in [5.41, 5.74) is 4.73. The standard InChI is InChI=1S/C22H24F2O/c1-4-6-16-10-18-9-14(5-2)20(23)11-15(18)7-8-17-12-22(25-3)21(24)13-19(16)17/h7-9,11-13,16H,4-6,10H2,1-3H3/b8-7-. The molecular weight excluding hydrogens is 318 g/mol. The Hall–Kier alpha value is -2.16. The number of rotatable bonds is 4. The third-order valence-corrected chi connectivity index (χ3v) is 5.03. The number of benzene rings is 2. The van der Waals surface area contributed by atoms with Crippen LogP contribution in [0.1, 0.15) is 60.4 Å². The van der Waals surface area contributed by atoms with Gasteiger partial charge >= 0.3 is 0 Å². The van der Waals surface area contributed by atoms with Gasteiger partial charge in [-0.2, -0.15) is 0 Å². The predicted molar refractivity (Wildman–Crippen MR) is 99.0 cm³/mol. The van der Waals surface area contributed by atoms with Crippen LogP contribution in [0.3, 0.4) is 0 Å². The zero-order valence-corrected chi connectivity index (χ0v) is 15.0. The summed E-state index contributed by atoms with van der Waals surface area (Å²) in [5.74, 6) is -0.0356. The quantitative estimate of drug-likeness (QED) is 0.648. The first-order chi connectivity index (χ1) is 12.1. The first kappa shape index (κ1) is 17.7. The van der Waals surface area contributed by atoms with Crippen LogP contribution in [0.4, 0.5) is 8.78 Å². The summed E-state index contributed by atoms with van der Waals surface area (Å²) < 4.78 is 33.6. The van der Waals surface area contributed by atoms with Gasteiger partial charge in [0.25, 0.3) is 0 Å². The van der Waals surface area contributed by atoms with Crippen LogP contribution in [0.15, 0.2) is 24.3 Å². The molecule has 0 aliphatic heterocycles.